The molecule has 3 aromatic rings. The standard InChI is InChI=1S/C31H36BBr2N/c1-14-16(3)27(17(4)15(2)26(14)13-35)32(28-18(5)22(9)30(33)23(10)19(28)6)29-20(7)24(11)31(34)25(12)21(29)8/h1-12H3. The first kappa shape index (κ1) is 27.8. The minimum Gasteiger partial charge on any atom is -0.192 e. The molecule has 0 aliphatic carbocycles. The smallest absolute Gasteiger partial charge is 0.192 e. The van der Waals surface area contributed by atoms with Crippen molar-refractivity contribution in [3.8, 4) is 6.07 Å². The fourth-order valence-electron chi connectivity index (χ4n) is 5.83. The first-order chi connectivity index (χ1) is 16.2. The summed E-state index contributed by atoms with van der Waals surface area (Å²) in [5, 5.41) is 9.93. The zero-order valence-corrected chi connectivity index (χ0v) is 26.5. The number of hydrogen-bond acceptors (Lipinski definition) is 1. The van der Waals surface area contributed by atoms with Crippen molar-refractivity contribution >= 4 is 55.0 Å². The van der Waals surface area contributed by atoms with E-state index in [4.69, 9.17) is 0 Å². The van der Waals surface area contributed by atoms with E-state index in [1.807, 2.05) is 0 Å². The SMILES string of the molecule is Cc1c(C)c(B(c2c(C)c(C)c(Br)c(C)c2C)c2c(C)c(C)c(C#N)c(C)c2C)c(C)c(C)c1Br. The second-order valence-electron chi connectivity index (χ2n) is 10.3. The van der Waals surface area contributed by atoms with Crippen molar-refractivity contribution in [2.75, 3.05) is 0 Å². The summed E-state index contributed by atoms with van der Waals surface area (Å²) in [4.78, 5) is 0. The van der Waals surface area contributed by atoms with E-state index in [1.54, 1.807) is 0 Å². The predicted octanol–water partition coefficient (Wildman–Crippen LogP) is 7.30. The third-order valence-electron chi connectivity index (χ3n) is 8.84. The number of rotatable bonds is 3. The molecule has 0 aliphatic heterocycles. The Bertz CT molecular complexity index is 1280. The van der Waals surface area contributed by atoms with E-state index in [9.17, 15) is 5.26 Å². The van der Waals surface area contributed by atoms with Crippen LogP contribution in [0.25, 0.3) is 0 Å². The summed E-state index contributed by atoms with van der Waals surface area (Å²) in [6.07, 6.45) is 0. The number of halogens is 2. The fraction of sp³-hybridized carbons (Fsp3) is 0.387. The maximum Gasteiger partial charge on any atom is 0.243 e. The van der Waals surface area contributed by atoms with E-state index in [-0.39, 0.29) is 6.71 Å². The molecule has 0 saturated heterocycles. The molecule has 35 heavy (non-hydrogen) atoms. The number of nitrogens with zero attached hydrogens (tertiary/aromatic N) is 1. The third kappa shape index (κ3) is 4.13. The van der Waals surface area contributed by atoms with Gasteiger partial charge in [0.25, 0.3) is 0 Å². The van der Waals surface area contributed by atoms with Crippen LogP contribution in [0.4, 0.5) is 0 Å². The number of benzene rings is 3. The van der Waals surface area contributed by atoms with Gasteiger partial charge in [0.15, 0.2) is 0 Å². The third-order valence-corrected chi connectivity index (χ3v) is 11.2. The molecule has 0 amide bonds. The topological polar surface area (TPSA) is 23.8 Å². The second-order valence-corrected chi connectivity index (χ2v) is 11.9. The first-order valence-corrected chi connectivity index (χ1v) is 13.8. The molecule has 4 heteroatoms. The van der Waals surface area contributed by atoms with Crippen LogP contribution in [0.2, 0.25) is 0 Å². The molecule has 0 aromatic heterocycles. The van der Waals surface area contributed by atoms with Crippen LogP contribution in [0.3, 0.4) is 0 Å². The Hall–Kier alpha value is -1.83. The molecule has 0 fully saturated rings. The Kier molecular flexibility index (Phi) is 7.86. The summed E-state index contributed by atoms with van der Waals surface area (Å²) in [6.45, 7) is 26.7. The Morgan fingerprint density at radius 3 is 0.886 bits per heavy atom. The van der Waals surface area contributed by atoms with E-state index in [0.29, 0.717) is 0 Å². The molecule has 0 aliphatic rings. The van der Waals surface area contributed by atoms with Crippen molar-refractivity contribution < 1.29 is 0 Å². The van der Waals surface area contributed by atoms with E-state index in [2.05, 4.69) is 121 Å². The monoisotopic (exact) mass is 591 g/mol. The summed E-state index contributed by atoms with van der Waals surface area (Å²) >= 11 is 7.73. The van der Waals surface area contributed by atoms with Gasteiger partial charge >= 0.3 is 0 Å². The van der Waals surface area contributed by atoms with Gasteiger partial charge in [0.1, 0.15) is 0 Å². The van der Waals surface area contributed by atoms with Crippen LogP contribution in [0.15, 0.2) is 8.95 Å². The van der Waals surface area contributed by atoms with E-state index < -0.39 is 0 Å². The molecular weight excluding hydrogens is 557 g/mol. The minimum absolute atomic E-state index is 0.0798. The zero-order chi connectivity index (χ0) is 26.7. The molecule has 0 spiro atoms. The van der Waals surface area contributed by atoms with Gasteiger partial charge in [-0.05, 0) is 116 Å². The molecule has 0 saturated carbocycles. The molecule has 0 heterocycles. The molecule has 3 rings (SSSR count). The fourth-order valence-corrected chi connectivity index (χ4v) is 7.02. The van der Waals surface area contributed by atoms with Gasteiger partial charge in [-0.25, -0.2) is 0 Å². The quantitative estimate of drug-likeness (QED) is 0.293. The van der Waals surface area contributed by atoms with Gasteiger partial charge in [-0.15, -0.1) is 0 Å². The lowest BCUT2D eigenvalue weighted by molar-refractivity contribution is 1.22. The van der Waals surface area contributed by atoms with E-state index in [0.717, 1.165) is 16.7 Å². The largest absolute Gasteiger partial charge is 0.243 e. The molecule has 3 aromatic carbocycles. The van der Waals surface area contributed by atoms with Gasteiger partial charge in [0, 0.05) is 8.95 Å². The van der Waals surface area contributed by atoms with Gasteiger partial charge in [-0.3, -0.25) is 0 Å². The van der Waals surface area contributed by atoms with Crippen molar-refractivity contribution in [1.82, 2.24) is 0 Å². The summed E-state index contributed by atoms with van der Waals surface area (Å²) in [6, 6.07) is 2.48. The zero-order valence-electron chi connectivity index (χ0n) is 23.3. The number of nitriles is 1. The lowest BCUT2D eigenvalue weighted by atomic mass is 9.32. The van der Waals surface area contributed by atoms with Gasteiger partial charge < -0.3 is 0 Å². The van der Waals surface area contributed by atoms with Crippen molar-refractivity contribution in [3.63, 3.8) is 0 Å². The summed E-state index contributed by atoms with van der Waals surface area (Å²) in [5.74, 6) is 0. The summed E-state index contributed by atoms with van der Waals surface area (Å²) in [7, 11) is 0. The lowest BCUT2D eigenvalue weighted by Gasteiger charge is -2.31. The molecule has 0 unspecified atom stereocenters. The average Bonchev–Trinajstić information content (AvgIpc) is 2.83. The van der Waals surface area contributed by atoms with Crippen molar-refractivity contribution in [2.24, 2.45) is 0 Å². The van der Waals surface area contributed by atoms with Crippen LogP contribution in [0.5, 0.6) is 0 Å². The molecule has 0 N–H and O–H groups in total. The summed E-state index contributed by atoms with van der Waals surface area (Å²) < 4.78 is 2.40. The van der Waals surface area contributed by atoms with Crippen molar-refractivity contribution in [2.45, 2.75) is 83.1 Å². The van der Waals surface area contributed by atoms with Crippen LogP contribution in [0.1, 0.15) is 72.3 Å². The highest BCUT2D eigenvalue weighted by Gasteiger charge is 2.35. The molecule has 182 valence electrons. The molecule has 0 atom stereocenters. The molecule has 1 nitrogen and oxygen atoms in total. The van der Waals surface area contributed by atoms with Crippen LogP contribution >= 0.6 is 31.9 Å². The van der Waals surface area contributed by atoms with Crippen molar-refractivity contribution in [1.29, 1.82) is 5.26 Å². The van der Waals surface area contributed by atoms with Crippen molar-refractivity contribution in [3.05, 3.63) is 81.3 Å². The van der Waals surface area contributed by atoms with Crippen LogP contribution in [0, 0.1) is 94.4 Å². The highest BCUT2D eigenvalue weighted by Crippen LogP contribution is 2.30. The van der Waals surface area contributed by atoms with Gasteiger partial charge in [-0.1, -0.05) is 81.6 Å². The summed E-state index contributed by atoms with van der Waals surface area (Å²) in [5.41, 5.74) is 20.1. The maximum absolute atomic E-state index is 9.93. The Morgan fingerprint density at radius 1 is 0.429 bits per heavy atom. The van der Waals surface area contributed by atoms with Crippen LogP contribution in [-0.2, 0) is 0 Å². The minimum atomic E-state index is 0.0798. The van der Waals surface area contributed by atoms with E-state index in [1.165, 1.54) is 81.0 Å². The van der Waals surface area contributed by atoms with Crippen LogP contribution < -0.4 is 16.4 Å². The lowest BCUT2D eigenvalue weighted by Crippen LogP contribution is -2.58. The van der Waals surface area contributed by atoms with Gasteiger partial charge in [0.2, 0.25) is 6.71 Å². The Labute approximate surface area is 229 Å². The maximum atomic E-state index is 9.93. The van der Waals surface area contributed by atoms with Gasteiger partial charge in [-0.2, -0.15) is 5.26 Å². The number of hydrogen-bond donors (Lipinski definition) is 0. The highest BCUT2D eigenvalue weighted by molar-refractivity contribution is 9.10. The molecular formula is C31H36BBr2N. The predicted molar refractivity (Wildman–Crippen MR) is 161 cm³/mol. The highest BCUT2D eigenvalue weighted by atomic mass is 79.9. The Balaban J connectivity index is 2.69. The van der Waals surface area contributed by atoms with E-state index >= 15 is 0 Å². The second kappa shape index (κ2) is 9.91. The molecule has 0 bridgehead atoms. The van der Waals surface area contributed by atoms with Crippen LogP contribution in [-0.4, -0.2) is 6.71 Å². The normalized spacial score (nSPS) is 11.1. The first-order valence-electron chi connectivity index (χ1n) is 12.2. The average molecular weight is 593 g/mol. The van der Waals surface area contributed by atoms with Gasteiger partial charge in [0.05, 0.1) is 11.6 Å². The Morgan fingerprint density at radius 2 is 0.657 bits per heavy atom. The molecule has 0 radical (unpaired) electrons.